The van der Waals surface area contributed by atoms with Crippen molar-refractivity contribution < 1.29 is 26.3 Å². The molecule has 1 aromatic rings. The first-order chi connectivity index (χ1) is 9.70. The molecule has 1 atom stereocenters. The zero-order chi connectivity index (χ0) is 15.7. The third-order valence-corrected chi connectivity index (χ3v) is 5.74. The first-order valence-electron chi connectivity index (χ1n) is 6.14. The Labute approximate surface area is 125 Å². The van der Waals surface area contributed by atoms with Crippen LogP contribution in [0.25, 0.3) is 0 Å². The minimum Gasteiger partial charge on any atom is -0.484 e. The summed E-state index contributed by atoms with van der Waals surface area (Å²) in [5.74, 6) is -0.124. The maximum atomic E-state index is 12.3. The Hall–Kier alpha value is -0.990. The lowest BCUT2D eigenvalue weighted by Crippen LogP contribution is -2.24. The van der Waals surface area contributed by atoms with Gasteiger partial charge < -0.3 is 10.1 Å². The number of rotatable bonds is 4. The minimum atomic E-state index is -4.47. The summed E-state index contributed by atoms with van der Waals surface area (Å²) in [6.45, 7) is -0.513. The van der Waals surface area contributed by atoms with Crippen molar-refractivity contribution in [1.82, 2.24) is 5.32 Å². The molecule has 0 amide bonds. The second-order valence-corrected chi connectivity index (χ2v) is 7.26. The molecule has 0 bridgehead atoms. The molecule has 0 aliphatic carbocycles. The lowest BCUT2D eigenvalue weighted by atomic mass is 10.3. The quantitative estimate of drug-likeness (QED) is 0.912. The number of ether oxygens (including phenoxy) is 1. The molecular weight excluding hydrogens is 331 g/mol. The van der Waals surface area contributed by atoms with Gasteiger partial charge in [-0.25, -0.2) is 8.42 Å². The first-order valence-corrected chi connectivity index (χ1v) is 8.06. The highest BCUT2D eigenvalue weighted by molar-refractivity contribution is 7.92. The summed E-state index contributed by atoms with van der Waals surface area (Å²) in [5, 5.41) is 2.23. The molecule has 1 fully saturated rings. The van der Waals surface area contributed by atoms with Crippen LogP contribution in [0.1, 0.15) is 6.42 Å². The van der Waals surface area contributed by atoms with E-state index < -0.39 is 27.9 Å². The number of benzene rings is 1. The lowest BCUT2D eigenvalue weighted by Gasteiger charge is -2.14. The molecular formula is C12H13ClF3NO3S. The largest absolute Gasteiger partial charge is 0.484 e. The van der Waals surface area contributed by atoms with Crippen LogP contribution in [-0.2, 0) is 9.84 Å². The van der Waals surface area contributed by atoms with E-state index in [-0.39, 0.29) is 15.7 Å². The summed E-state index contributed by atoms with van der Waals surface area (Å²) >= 11 is 5.88. The number of sulfone groups is 1. The van der Waals surface area contributed by atoms with Crippen molar-refractivity contribution in [1.29, 1.82) is 0 Å². The van der Waals surface area contributed by atoms with E-state index in [9.17, 15) is 21.6 Å². The SMILES string of the molecule is O=S(=O)(c1ccc(OCC(F)(F)F)cc1Cl)[C@H]1CCNC1. The van der Waals surface area contributed by atoms with E-state index in [1.807, 2.05) is 0 Å². The topological polar surface area (TPSA) is 55.4 Å². The molecule has 0 unspecified atom stereocenters. The van der Waals surface area contributed by atoms with Crippen LogP contribution in [0.15, 0.2) is 23.1 Å². The summed E-state index contributed by atoms with van der Waals surface area (Å²) in [6.07, 6.45) is -3.99. The Morgan fingerprint density at radius 3 is 2.62 bits per heavy atom. The van der Waals surface area contributed by atoms with Gasteiger partial charge in [0.25, 0.3) is 0 Å². The maximum Gasteiger partial charge on any atom is 0.422 e. The molecule has 1 aliphatic rings. The third kappa shape index (κ3) is 4.02. The molecule has 2 rings (SSSR count). The van der Waals surface area contributed by atoms with Crippen LogP contribution in [0.5, 0.6) is 5.75 Å². The molecule has 1 saturated heterocycles. The van der Waals surface area contributed by atoms with E-state index in [1.165, 1.54) is 12.1 Å². The molecule has 0 spiro atoms. The van der Waals surface area contributed by atoms with Crippen LogP contribution in [0, 0.1) is 0 Å². The molecule has 1 aromatic carbocycles. The minimum absolute atomic E-state index is 0.0859. The first kappa shape index (κ1) is 16.4. The van der Waals surface area contributed by atoms with E-state index in [2.05, 4.69) is 10.1 Å². The van der Waals surface area contributed by atoms with Crippen LogP contribution in [0.3, 0.4) is 0 Å². The van der Waals surface area contributed by atoms with Crippen LogP contribution in [0.4, 0.5) is 13.2 Å². The van der Waals surface area contributed by atoms with Crippen molar-refractivity contribution in [3.8, 4) is 5.75 Å². The van der Waals surface area contributed by atoms with Gasteiger partial charge in [-0.05, 0) is 25.1 Å². The fourth-order valence-electron chi connectivity index (χ4n) is 2.04. The number of hydrogen-bond acceptors (Lipinski definition) is 4. The summed E-state index contributed by atoms with van der Waals surface area (Å²) in [7, 11) is -3.60. The van der Waals surface area contributed by atoms with E-state index in [1.54, 1.807) is 0 Å². The normalized spacial score (nSPS) is 19.7. The Kier molecular flexibility index (Phi) is 4.69. The van der Waals surface area contributed by atoms with Gasteiger partial charge in [-0.3, -0.25) is 0 Å². The standard InChI is InChI=1S/C12H13ClF3NO3S/c13-10-5-8(20-7-12(14,15)16)1-2-11(10)21(18,19)9-3-4-17-6-9/h1-2,5,9,17H,3-4,6-7H2/t9-/m0/s1. The highest BCUT2D eigenvalue weighted by atomic mass is 35.5. The Balaban J connectivity index is 2.19. The predicted molar refractivity (Wildman–Crippen MR) is 71.5 cm³/mol. The fraction of sp³-hybridized carbons (Fsp3) is 0.500. The number of halogens is 4. The van der Waals surface area contributed by atoms with E-state index in [0.29, 0.717) is 19.5 Å². The second kappa shape index (κ2) is 6.02. The summed E-state index contributed by atoms with van der Waals surface area (Å²) < 4.78 is 65.4. The molecule has 0 aromatic heterocycles. The highest BCUT2D eigenvalue weighted by Crippen LogP contribution is 2.31. The predicted octanol–water partition coefficient (Wildman–Crippen LogP) is 2.42. The van der Waals surface area contributed by atoms with Gasteiger partial charge in [0, 0.05) is 12.6 Å². The number of hydrogen-bond donors (Lipinski definition) is 1. The molecule has 1 N–H and O–H groups in total. The molecule has 0 radical (unpaired) electrons. The van der Waals surface area contributed by atoms with Crippen molar-refractivity contribution in [2.24, 2.45) is 0 Å². The molecule has 9 heteroatoms. The van der Waals surface area contributed by atoms with Crippen molar-refractivity contribution in [3.05, 3.63) is 23.2 Å². The van der Waals surface area contributed by atoms with E-state index >= 15 is 0 Å². The molecule has 0 saturated carbocycles. The Morgan fingerprint density at radius 1 is 1.38 bits per heavy atom. The third-order valence-electron chi connectivity index (χ3n) is 3.07. The molecule has 1 heterocycles. The molecule has 4 nitrogen and oxygen atoms in total. The average molecular weight is 344 g/mol. The summed E-state index contributed by atoms with van der Waals surface area (Å²) in [4.78, 5) is -0.0859. The van der Waals surface area contributed by atoms with Gasteiger partial charge in [0.1, 0.15) is 5.75 Å². The van der Waals surface area contributed by atoms with Gasteiger partial charge in [0.2, 0.25) is 0 Å². The van der Waals surface area contributed by atoms with Gasteiger partial charge in [0.15, 0.2) is 16.4 Å². The van der Waals surface area contributed by atoms with Gasteiger partial charge >= 0.3 is 6.18 Å². The number of nitrogens with one attached hydrogen (secondary N) is 1. The van der Waals surface area contributed by atoms with Crippen LogP contribution in [-0.4, -0.2) is 39.5 Å². The van der Waals surface area contributed by atoms with Crippen molar-refractivity contribution in [2.75, 3.05) is 19.7 Å². The number of alkyl halides is 3. The van der Waals surface area contributed by atoms with Gasteiger partial charge in [-0.1, -0.05) is 11.6 Å². The molecule has 21 heavy (non-hydrogen) atoms. The Morgan fingerprint density at radius 2 is 2.10 bits per heavy atom. The smallest absolute Gasteiger partial charge is 0.422 e. The van der Waals surface area contributed by atoms with Crippen molar-refractivity contribution >= 4 is 21.4 Å². The van der Waals surface area contributed by atoms with Crippen molar-refractivity contribution in [3.63, 3.8) is 0 Å². The Bertz CT molecular complexity index is 613. The highest BCUT2D eigenvalue weighted by Gasteiger charge is 2.32. The monoisotopic (exact) mass is 343 g/mol. The van der Waals surface area contributed by atoms with E-state index in [4.69, 9.17) is 11.6 Å². The molecule has 118 valence electrons. The molecule has 1 aliphatic heterocycles. The lowest BCUT2D eigenvalue weighted by molar-refractivity contribution is -0.153. The second-order valence-electron chi connectivity index (χ2n) is 4.66. The van der Waals surface area contributed by atoms with Gasteiger partial charge in [-0.15, -0.1) is 0 Å². The summed E-state index contributed by atoms with van der Waals surface area (Å²) in [6, 6.07) is 3.44. The maximum absolute atomic E-state index is 12.3. The van der Waals surface area contributed by atoms with Gasteiger partial charge in [0.05, 0.1) is 15.2 Å². The fourth-order valence-corrected chi connectivity index (χ4v) is 4.25. The van der Waals surface area contributed by atoms with Crippen molar-refractivity contribution in [2.45, 2.75) is 22.7 Å². The van der Waals surface area contributed by atoms with Gasteiger partial charge in [-0.2, -0.15) is 13.2 Å². The average Bonchev–Trinajstić information content (AvgIpc) is 2.89. The zero-order valence-corrected chi connectivity index (χ0v) is 12.4. The summed E-state index contributed by atoms with van der Waals surface area (Å²) in [5.41, 5.74) is 0. The van der Waals surface area contributed by atoms with E-state index in [0.717, 1.165) is 6.07 Å². The van der Waals surface area contributed by atoms with Crippen LogP contribution < -0.4 is 10.1 Å². The zero-order valence-electron chi connectivity index (χ0n) is 10.8. The van der Waals surface area contributed by atoms with Crippen LogP contribution >= 0.6 is 11.6 Å². The van der Waals surface area contributed by atoms with Crippen LogP contribution in [0.2, 0.25) is 5.02 Å².